The average molecular weight is 440 g/mol. The average Bonchev–Trinajstić information content (AvgIpc) is 3.49. The van der Waals surface area contributed by atoms with Crippen LogP contribution in [-0.4, -0.2) is 58.7 Å². The van der Waals surface area contributed by atoms with Crippen LogP contribution in [0.4, 0.5) is 4.39 Å². The lowest BCUT2D eigenvalue weighted by Crippen LogP contribution is -2.47. The van der Waals surface area contributed by atoms with Gasteiger partial charge in [0.1, 0.15) is 11.5 Å². The highest BCUT2D eigenvalue weighted by atomic mass is 19.1. The Hall–Kier alpha value is -2.71. The van der Waals surface area contributed by atoms with E-state index in [9.17, 15) is 9.18 Å². The lowest BCUT2D eigenvalue weighted by molar-refractivity contribution is 0.0680. The van der Waals surface area contributed by atoms with Gasteiger partial charge in [-0.15, -0.1) is 0 Å². The number of hydrazine groups is 1. The summed E-state index contributed by atoms with van der Waals surface area (Å²) in [6.07, 6.45) is 7.31. The molecule has 5 rings (SSSR count). The summed E-state index contributed by atoms with van der Waals surface area (Å²) >= 11 is 0. The maximum atomic E-state index is 13.4. The van der Waals surface area contributed by atoms with Crippen LogP contribution in [0.2, 0.25) is 0 Å². The predicted octanol–water partition coefficient (Wildman–Crippen LogP) is 3.92. The van der Waals surface area contributed by atoms with Gasteiger partial charge in [-0.05, 0) is 81.9 Å². The van der Waals surface area contributed by atoms with E-state index in [1.165, 1.54) is 18.6 Å². The summed E-state index contributed by atoms with van der Waals surface area (Å²) in [6, 6.07) is 8.30. The number of H-pyrrole nitrogens is 1. The lowest BCUT2D eigenvalue weighted by Gasteiger charge is -2.35. The molecule has 0 saturated carbocycles. The van der Waals surface area contributed by atoms with Crippen LogP contribution in [0.5, 0.6) is 0 Å². The quantitative estimate of drug-likeness (QED) is 0.609. The van der Waals surface area contributed by atoms with Crippen molar-refractivity contribution in [3.63, 3.8) is 0 Å². The molecule has 2 aromatic heterocycles. The monoisotopic (exact) mass is 439 g/mol. The van der Waals surface area contributed by atoms with Crippen LogP contribution in [0.3, 0.4) is 0 Å². The van der Waals surface area contributed by atoms with Crippen molar-refractivity contribution in [2.24, 2.45) is 5.92 Å². The first kappa shape index (κ1) is 21.2. The minimum Gasteiger partial charge on any atom is -0.357 e. The van der Waals surface area contributed by atoms with E-state index in [1.807, 2.05) is 11.1 Å². The SMILES string of the molecule is O=C(NN1CCC(CCN2CCC(c3noc4cc(F)ccc34)CC2)CC1)c1ccc[nH]1. The Morgan fingerprint density at radius 2 is 1.97 bits per heavy atom. The van der Waals surface area contributed by atoms with E-state index < -0.39 is 0 Å². The molecule has 32 heavy (non-hydrogen) atoms. The summed E-state index contributed by atoms with van der Waals surface area (Å²) in [5.74, 6) is 0.732. The van der Waals surface area contributed by atoms with Gasteiger partial charge in [-0.3, -0.25) is 10.2 Å². The molecule has 2 aliphatic rings. The number of likely N-dealkylation sites (tertiary alicyclic amines) is 1. The number of carbonyl (C=O) groups is 1. The van der Waals surface area contributed by atoms with Gasteiger partial charge < -0.3 is 14.4 Å². The molecule has 2 saturated heterocycles. The summed E-state index contributed by atoms with van der Waals surface area (Å²) in [5.41, 5.74) is 5.12. The molecule has 7 nitrogen and oxygen atoms in total. The van der Waals surface area contributed by atoms with E-state index in [0.29, 0.717) is 23.1 Å². The number of benzene rings is 1. The number of halogens is 1. The molecular formula is C24H30FN5O2. The molecule has 2 N–H and O–H groups in total. The molecule has 3 aromatic rings. The summed E-state index contributed by atoms with van der Waals surface area (Å²) < 4.78 is 18.8. The zero-order valence-electron chi connectivity index (χ0n) is 18.2. The van der Waals surface area contributed by atoms with Gasteiger partial charge in [-0.25, -0.2) is 9.40 Å². The third kappa shape index (κ3) is 4.71. The topological polar surface area (TPSA) is 77.4 Å². The van der Waals surface area contributed by atoms with Crippen molar-refractivity contribution in [1.82, 2.24) is 25.5 Å². The number of rotatable bonds is 6. The Balaban J connectivity index is 1.04. The molecule has 2 aliphatic heterocycles. The molecule has 8 heteroatoms. The zero-order chi connectivity index (χ0) is 21.9. The van der Waals surface area contributed by atoms with E-state index in [0.717, 1.165) is 69.5 Å². The Kier molecular flexibility index (Phi) is 6.23. The molecule has 0 bridgehead atoms. The second-order valence-electron chi connectivity index (χ2n) is 9.07. The molecule has 0 atom stereocenters. The highest BCUT2D eigenvalue weighted by Crippen LogP contribution is 2.33. The Morgan fingerprint density at radius 3 is 2.72 bits per heavy atom. The van der Waals surface area contributed by atoms with Crippen LogP contribution in [-0.2, 0) is 0 Å². The van der Waals surface area contributed by atoms with Gasteiger partial charge in [-0.2, -0.15) is 0 Å². The van der Waals surface area contributed by atoms with Crippen molar-refractivity contribution in [2.75, 3.05) is 32.7 Å². The predicted molar refractivity (Wildman–Crippen MR) is 120 cm³/mol. The number of fused-ring (bicyclic) bond motifs is 1. The van der Waals surface area contributed by atoms with E-state index in [-0.39, 0.29) is 11.7 Å². The van der Waals surface area contributed by atoms with Crippen LogP contribution < -0.4 is 5.43 Å². The third-order valence-electron chi connectivity index (χ3n) is 7.01. The van der Waals surface area contributed by atoms with E-state index in [2.05, 4.69) is 20.5 Å². The van der Waals surface area contributed by atoms with Gasteiger partial charge in [0.15, 0.2) is 5.58 Å². The molecule has 0 radical (unpaired) electrons. The maximum absolute atomic E-state index is 13.4. The van der Waals surface area contributed by atoms with Gasteiger partial charge in [-0.1, -0.05) is 5.16 Å². The summed E-state index contributed by atoms with van der Waals surface area (Å²) in [4.78, 5) is 17.7. The van der Waals surface area contributed by atoms with Crippen LogP contribution >= 0.6 is 0 Å². The zero-order valence-corrected chi connectivity index (χ0v) is 18.2. The van der Waals surface area contributed by atoms with Crippen LogP contribution in [0, 0.1) is 11.7 Å². The largest absolute Gasteiger partial charge is 0.357 e. The van der Waals surface area contributed by atoms with E-state index in [1.54, 1.807) is 18.3 Å². The molecule has 0 aliphatic carbocycles. The molecule has 0 unspecified atom stereocenters. The smallest absolute Gasteiger partial charge is 0.281 e. The number of nitrogens with one attached hydrogen (secondary N) is 2. The second-order valence-corrected chi connectivity index (χ2v) is 9.07. The lowest BCUT2D eigenvalue weighted by atomic mass is 9.90. The molecule has 1 aromatic carbocycles. The van der Waals surface area contributed by atoms with Crippen LogP contribution in [0.1, 0.15) is 54.2 Å². The number of amides is 1. The highest BCUT2D eigenvalue weighted by Gasteiger charge is 2.26. The Morgan fingerprint density at radius 1 is 1.16 bits per heavy atom. The van der Waals surface area contributed by atoms with Crippen molar-refractivity contribution in [1.29, 1.82) is 0 Å². The summed E-state index contributed by atoms with van der Waals surface area (Å²) in [6.45, 7) is 5.05. The van der Waals surface area contributed by atoms with Crippen molar-refractivity contribution < 1.29 is 13.7 Å². The molecule has 1 amide bonds. The first-order chi connectivity index (χ1) is 15.7. The van der Waals surface area contributed by atoms with Crippen molar-refractivity contribution in [3.05, 3.63) is 53.7 Å². The van der Waals surface area contributed by atoms with E-state index in [4.69, 9.17) is 4.52 Å². The molecule has 0 spiro atoms. The first-order valence-electron chi connectivity index (χ1n) is 11.6. The van der Waals surface area contributed by atoms with Crippen LogP contribution in [0.25, 0.3) is 11.0 Å². The minimum absolute atomic E-state index is 0.0682. The fourth-order valence-electron chi connectivity index (χ4n) is 5.03. The normalized spacial score (nSPS) is 19.5. The molecule has 4 heterocycles. The van der Waals surface area contributed by atoms with Gasteiger partial charge in [0, 0.05) is 36.7 Å². The molecule has 2 fully saturated rings. The van der Waals surface area contributed by atoms with Gasteiger partial charge in [0.05, 0.1) is 5.69 Å². The standard InChI is InChI=1S/C24H30FN5O2/c25-19-3-4-20-22(16-19)32-28-23(20)18-8-12-29(13-9-18)11-5-17-6-14-30(15-7-17)27-24(31)21-2-1-10-26-21/h1-4,10,16-18,26H,5-9,11-15H2,(H,27,31). The minimum atomic E-state index is -0.288. The highest BCUT2D eigenvalue weighted by molar-refractivity contribution is 5.91. The van der Waals surface area contributed by atoms with Gasteiger partial charge >= 0.3 is 0 Å². The van der Waals surface area contributed by atoms with Gasteiger partial charge in [0.25, 0.3) is 5.91 Å². The fourth-order valence-corrected chi connectivity index (χ4v) is 5.03. The number of nitrogens with zero attached hydrogens (tertiary/aromatic N) is 3. The maximum Gasteiger partial charge on any atom is 0.281 e. The van der Waals surface area contributed by atoms with Crippen molar-refractivity contribution in [2.45, 2.75) is 38.0 Å². The Labute approximate surface area is 186 Å². The number of hydrogen-bond acceptors (Lipinski definition) is 5. The number of aromatic nitrogens is 2. The number of piperidine rings is 2. The third-order valence-corrected chi connectivity index (χ3v) is 7.01. The van der Waals surface area contributed by atoms with Crippen molar-refractivity contribution >= 4 is 16.9 Å². The Bertz CT molecular complexity index is 1030. The molecular weight excluding hydrogens is 409 g/mol. The number of carbonyl (C=O) groups excluding carboxylic acids is 1. The van der Waals surface area contributed by atoms with Crippen LogP contribution in [0.15, 0.2) is 41.1 Å². The molecule has 170 valence electrons. The van der Waals surface area contributed by atoms with Gasteiger partial charge in [0.2, 0.25) is 0 Å². The fraction of sp³-hybridized carbons (Fsp3) is 0.500. The van der Waals surface area contributed by atoms with Crippen molar-refractivity contribution in [3.8, 4) is 0 Å². The summed E-state index contributed by atoms with van der Waals surface area (Å²) in [7, 11) is 0. The first-order valence-corrected chi connectivity index (χ1v) is 11.6. The number of hydrogen-bond donors (Lipinski definition) is 2. The summed E-state index contributed by atoms with van der Waals surface area (Å²) in [5, 5.41) is 7.24. The second kappa shape index (κ2) is 9.42. The number of aromatic amines is 1. The van der Waals surface area contributed by atoms with E-state index >= 15 is 0 Å².